The van der Waals surface area contributed by atoms with E-state index < -0.39 is 0 Å². The summed E-state index contributed by atoms with van der Waals surface area (Å²) in [5, 5.41) is 8.29. The van der Waals surface area contributed by atoms with E-state index in [-0.39, 0.29) is 0 Å². The molecule has 0 fully saturated rings. The third kappa shape index (κ3) is 2.18. The van der Waals surface area contributed by atoms with E-state index >= 15 is 0 Å². The summed E-state index contributed by atoms with van der Waals surface area (Å²) in [5.74, 6) is 0.823. The molecule has 0 radical (unpaired) electrons. The molecule has 2 aromatic heterocycles. The molecule has 0 aliphatic rings. The average molecular weight is 287 g/mol. The Morgan fingerprint density at radius 1 is 0.773 bits per heavy atom. The maximum atomic E-state index is 4.25. The van der Waals surface area contributed by atoms with Crippen LogP contribution in [0.1, 0.15) is 0 Å². The minimum absolute atomic E-state index is 0.823. The summed E-state index contributed by atoms with van der Waals surface area (Å²) in [5.41, 5.74) is 3.12. The fraction of sp³-hybridized carbons (Fsp3) is 0. The number of hydrogen-bond acceptors (Lipinski definition) is 3. The minimum Gasteiger partial charge on any atom is -0.306 e. The number of imidazole rings is 1. The molecular weight excluding hydrogens is 274 g/mol. The van der Waals surface area contributed by atoms with Gasteiger partial charge in [-0.2, -0.15) is 0 Å². The van der Waals surface area contributed by atoms with Crippen LogP contribution in [0.15, 0.2) is 79.6 Å². The second-order valence-electron chi connectivity index (χ2n) is 4.88. The highest BCUT2D eigenvalue weighted by atomic mass is 15.3. The molecule has 4 aromatic rings. The smallest absolute Gasteiger partial charge is 0.168 e. The molecule has 0 amide bonds. The van der Waals surface area contributed by atoms with Crippen LogP contribution in [-0.2, 0) is 0 Å². The van der Waals surface area contributed by atoms with Gasteiger partial charge in [-0.05, 0) is 36.4 Å². The van der Waals surface area contributed by atoms with Gasteiger partial charge in [-0.3, -0.25) is 4.57 Å². The molecule has 2 aromatic carbocycles. The summed E-state index contributed by atoms with van der Waals surface area (Å²) in [4.78, 5) is 4.06. The van der Waals surface area contributed by atoms with Crippen molar-refractivity contribution in [3.8, 4) is 22.8 Å². The summed E-state index contributed by atoms with van der Waals surface area (Å²) in [6, 6.07) is 18.2. The van der Waals surface area contributed by atoms with E-state index in [1.165, 1.54) is 0 Å². The van der Waals surface area contributed by atoms with Gasteiger partial charge in [0, 0.05) is 29.3 Å². The lowest BCUT2D eigenvalue weighted by Crippen LogP contribution is -1.96. The lowest BCUT2D eigenvalue weighted by atomic mass is 10.2. The zero-order chi connectivity index (χ0) is 14.8. The molecule has 0 aliphatic heterocycles. The van der Waals surface area contributed by atoms with Crippen LogP contribution in [0, 0.1) is 0 Å². The summed E-state index contributed by atoms with van der Waals surface area (Å²) < 4.78 is 3.94. The molecule has 4 rings (SSSR count). The second kappa shape index (κ2) is 5.29. The van der Waals surface area contributed by atoms with Crippen molar-refractivity contribution >= 4 is 0 Å². The number of nitrogens with zero attached hydrogens (tertiary/aromatic N) is 5. The van der Waals surface area contributed by atoms with Crippen LogP contribution in [0.5, 0.6) is 0 Å². The first-order valence-electron chi connectivity index (χ1n) is 6.96. The SMILES string of the molecule is c1ccc(-n2cnnc2-c2ccc(-n3ccnc3)cc2)cc1. The molecule has 2 heterocycles. The molecule has 0 spiro atoms. The van der Waals surface area contributed by atoms with Crippen molar-refractivity contribution in [2.45, 2.75) is 0 Å². The van der Waals surface area contributed by atoms with Crippen molar-refractivity contribution < 1.29 is 0 Å². The van der Waals surface area contributed by atoms with Crippen LogP contribution in [0.25, 0.3) is 22.8 Å². The van der Waals surface area contributed by atoms with E-state index in [9.17, 15) is 0 Å². The summed E-state index contributed by atoms with van der Waals surface area (Å²) in [6.07, 6.45) is 7.19. The molecule has 0 bridgehead atoms. The van der Waals surface area contributed by atoms with Crippen LogP contribution in [0.4, 0.5) is 0 Å². The lowest BCUT2D eigenvalue weighted by Gasteiger charge is -2.07. The van der Waals surface area contributed by atoms with Crippen LogP contribution in [0.3, 0.4) is 0 Å². The van der Waals surface area contributed by atoms with Gasteiger partial charge in [-0.25, -0.2) is 4.98 Å². The highest BCUT2D eigenvalue weighted by Gasteiger charge is 2.08. The fourth-order valence-corrected chi connectivity index (χ4v) is 2.40. The Hall–Kier alpha value is -3.21. The van der Waals surface area contributed by atoms with Gasteiger partial charge in [0.15, 0.2) is 5.82 Å². The second-order valence-corrected chi connectivity index (χ2v) is 4.88. The molecule has 0 atom stereocenters. The Kier molecular flexibility index (Phi) is 3.01. The first kappa shape index (κ1) is 12.5. The van der Waals surface area contributed by atoms with E-state index in [4.69, 9.17) is 0 Å². The van der Waals surface area contributed by atoms with E-state index in [2.05, 4.69) is 15.2 Å². The van der Waals surface area contributed by atoms with Gasteiger partial charge in [0.1, 0.15) is 6.33 Å². The Labute approximate surface area is 127 Å². The summed E-state index contributed by atoms with van der Waals surface area (Å²) >= 11 is 0. The molecule has 0 N–H and O–H groups in total. The molecule has 5 heteroatoms. The van der Waals surface area contributed by atoms with Crippen LogP contribution in [0.2, 0.25) is 0 Å². The van der Waals surface area contributed by atoms with Crippen molar-refractivity contribution in [1.29, 1.82) is 0 Å². The maximum Gasteiger partial charge on any atom is 0.168 e. The maximum absolute atomic E-state index is 4.25. The lowest BCUT2D eigenvalue weighted by molar-refractivity contribution is 1.05. The molecule has 22 heavy (non-hydrogen) atoms. The van der Waals surface area contributed by atoms with E-state index in [1.54, 1.807) is 18.9 Å². The molecular formula is C17H13N5. The quantitative estimate of drug-likeness (QED) is 0.581. The van der Waals surface area contributed by atoms with Gasteiger partial charge >= 0.3 is 0 Å². The first-order valence-corrected chi connectivity index (χ1v) is 6.96. The average Bonchev–Trinajstić information content (AvgIpc) is 3.28. The largest absolute Gasteiger partial charge is 0.306 e. The third-order valence-corrected chi connectivity index (χ3v) is 3.51. The predicted molar refractivity (Wildman–Crippen MR) is 83.9 cm³/mol. The van der Waals surface area contributed by atoms with Gasteiger partial charge in [-0.1, -0.05) is 18.2 Å². The normalized spacial score (nSPS) is 10.7. The summed E-state index contributed by atoms with van der Waals surface area (Å²) in [7, 11) is 0. The Balaban J connectivity index is 1.73. The summed E-state index contributed by atoms with van der Waals surface area (Å²) in [6.45, 7) is 0. The number of para-hydroxylation sites is 1. The van der Waals surface area contributed by atoms with Crippen LogP contribution >= 0.6 is 0 Å². The number of aromatic nitrogens is 5. The standard InChI is InChI=1S/C17H13N5/c1-2-4-16(5-3-1)22-13-19-20-17(22)14-6-8-15(9-7-14)21-11-10-18-12-21/h1-13H. The highest BCUT2D eigenvalue weighted by Crippen LogP contribution is 2.21. The predicted octanol–water partition coefficient (Wildman–Crippen LogP) is 3.12. The van der Waals surface area contributed by atoms with Gasteiger partial charge in [0.2, 0.25) is 0 Å². The van der Waals surface area contributed by atoms with Gasteiger partial charge in [-0.15, -0.1) is 10.2 Å². The molecule has 5 nitrogen and oxygen atoms in total. The number of rotatable bonds is 3. The van der Waals surface area contributed by atoms with Gasteiger partial charge in [0.05, 0.1) is 6.33 Å². The molecule has 0 saturated carbocycles. The minimum atomic E-state index is 0.823. The highest BCUT2D eigenvalue weighted by molar-refractivity contribution is 5.59. The van der Waals surface area contributed by atoms with Crippen molar-refractivity contribution in [2.75, 3.05) is 0 Å². The van der Waals surface area contributed by atoms with E-state index in [0.29, 0.717) is 0 Å². The molecule has 106 valence electrons. The monoisotopic (exact) mass is 287 g/mol. The number of hydrogen-bond donors (Lipinski definition) is 0. The van der Waals surface area contributed by atoms with Crippen molar-refractivity contribution in [2.24, 2.45) is 0 Å². The molecule has 0 aliphatic carbocycles. The van der Waals surface area contributed by atoms with Crippen molar-refractivity contribution in [3.63, 3.8) is 0 Å². The van der Waals surface area contributed by atoms with Crippen molar-refractivity contribution in [1.82, 2.24) is 24.3 Å². The first-order chi connectivity index (χ1) is 10.9. The van der Waals surface area contributed by atoms with Gasteiger partial charge in [0.25, 0.3) is 0 Å². The third-order valence-electron chi connectivity index (χ3n) is 3.51. The van der Waals surface area contributed by atoms with Gasteiger partial charge < -0.3 is 4.57 Å². The van der Waals surface area contributed by atoms with E-state index in [0.717, 1.165) is 22.8 Å². The molecule has 0 saturated heterocycles. The Bertz CT molecular complexity index is 861. The van der Waals surface area contributed by atoms with Crippen LogP contribution in [-0.4, -0.2) is 24.3 Å². The Morgan fingerprint density at radius 3 is 2.32 bits per heavy atom. The zero-order valence-corrected chi connectivity index (χ0v) is 11.7. The zero-order valence-electron chi connectivity index (χ0n) is 11.7. The Morgan fingerprint density at radius 2 is 1.59 bits per heavy atom. The topological polar surface area (TPSA) is 48.5 Å². The fourth-order valence-electron chi connectivity index (χ4n) is 2.40. The van der Waals surface area contributed by atoms with E-state index in [1.807, 2.05) is 69.9 Å². The van der Waals surface area contributed by atoms with Crippen molar-refractivity contribution in [3.05, 3.63) is 79.6 Å². The van der Waals surface area contributed by atoms with Crippen LogP contribution < -0.4 is 0 Å². The molecule has 0 unspecified atom stereocenters. The number of benzene rings is 2.